The van der Waals surface area contributed by atoms with Gasteiger partial charge in [0.05, 0.1) is 25.2 Å². The summed E-state index contributed by atoms with van der Waals surface area (Å²) in [5.41, 5.74) is 0.574. The molecule has 0 aliphatic rings. The van der Waals surface area contributed by atoms with Crippen LogP contribution in [0.5, 0.6) is 11.5 Å². The first-order valence-electron chi connectivity index (χ1n) is 7.41. The van der Waals surface area contributed by atoms with E-state index in [1.165, 1.54) is 23.5 Å². The lowest BCUT2D eigenvalue weighted by atomic mass is 10.3. The first-order chi connectivity index (χ1) is 11.4. The molecule has 0 amide bonds. The summed E-state index contributed by atoms with van der Waals surface area (Å²) in [5, 5.41) is 0. The van der Waals surface area contributed by atoms with Gasteiger partial charge in [-0.15, -0.1) is 0 Å². The van der Waals surface area contributed by atoms with E-state index in [1.807, 2.05) is 0 Å². The highest BCUT2D eigenvalue weighted by Crippen LogP contribution is 2.20. The molecule has 0 spiro atoms. The quantitative estimate of drug-likeness (QED) is 0.685. The van der Waals surface area contributed by atoms with Crippen molar-refractivity contribution in [2.24, 2.45) is 0 Å². The van der Waals surface area contributed by atoms with E-state index < -0.39 is 10.0 Å². The maximum Gasteiger partial charge on any atom is 0.231 e. The van der Waals surface area contributed by atoms with Crippen LogP contribution in [0.3, 0.4) is 0 Å². The van der Waals surface area contributed by atoms with Crippen LogP contribution in [-0.4, -0.2) is 34.9 Å². The lowest BCUT2D eigenvalue weighted by Crippen LogP contribution is -2.24. The molecule has 0 fully saturated rings. The molecule has 0 saturated carbocycles. The SMILES string of the molecule is CN(c1ccc(OCCCOc2ccc(F)cc2)cc1)S(C)(=O)=O. The zero-order valence-corrected chi connectivity index (χ0v) is 14.4. The van der Waals surface area contributed by atoms with Gasteiger partial charge in [-0.2, -0.15) is 0 Å². The van der Waals surface area contributed by atoms with E-state index in [9.17, 15) is 12.8 Å². The highest BCUT2D eigenvalue weighted by Gasteiger charge is 2.11. The molecular weight excluding hydrogens is 333 g/mol. The van der Waals surface area contributed by atoms with Crippen LogP contribution >= 0.6 is 0 Å². The predicted octanol–water partition coefficient (Wildman–Crippen LogP) is 3.07. The normalized spacial score (nSPS) is 11.1. The molecule has 0 heterocycles. The Balaban J connectivity index is 1.73. The van der Waals surface area contributed by atoms with E-state index in [-0.39, 0.29) is 5.82 Å². The van der Waals surface area contributed by atoms with Crippen molar-refractivity contribution >= 4 is 15.7 Å². The maximum atomic E-state index is 12.7. The molecule has 0 aliphatic heterocycles. The minimum atomic E-state index is -3.27. The topological polar surface area (TPSA) is 55.8 Å². The van der Waals surface area contributed by atoms with Crippen LogP contribution in [0.2, 0.25) is 0 Å². The molecule has 0 radical (unpaired) electrons. The lowest BCUT2D eigenvalue weighted by molar-refractivity contribution is 0.247. The molecule has 0 aliphatic carbocycles. The highest BCUT2D eigenvalue weighted by molar-refractivity contribution is 7.92. The monoisotopic (exact) mass is 353 g/mol. The van der Waals surface area contributed by atoms with Crippen molar-refractivity contribution in [1.82, 2.24) is 0 Å². The van der Waals surface area contributed by atoms with Crippen molar-refractivity contribution in [3.63, 3.8) is 0 Å². The van der Waals surface area contributed by atoms with Gasteiger partial charge in [-0.3, -0.25) is 4.31 Å². The number of anilines is 1. The van der Waals surface area contributed by atoms with Gasteiger partial charge in [-0.25, -0.2) is 12.8 Å². The summed E-state index contributed by atoms with van der Waals surface area (Å²) < 4.78 is 47.9. The Morgan fingerprint density at radius 3 is 1.83 bits per heavy atom. The summed E-state index contributed by atoms with van der Waals surface area (Å²) in [6.07, 6.45) is 1.82. The summed E-state index contributed by atoms with van der Waals surface area (Å²) in [7, 11) is -1.77. The summed E-state index contributed by atoms with van der Waals surface area (Å²) >= 11 is 0. The van der Waals surface area contributed by atoms with E-state index in [2.05, 4.69) is 0 Å². The van der Waals surface area contributed by atoms with Gasteiger partial charge in [-0.1, -0.05) is 0 Å². The van der Waals surface area contributed by atoms with Gasteiger partial charge < -0.3 is 9.47 Å². The van der Waals surface area contributed by atoms with Crippen molar-refractivity contribution < 1.29 is 22.3 Å². The number of ether oxygens (including phenoxy) is 2. The van der Waals surface area contributed by atoms with Crippen LogP contribution in [0.4, 0.5) is 10.1 Å². The summed E-state index contributed by atoms with van der Waals surface area (Å²) in [5.74, 6) is 0.975. The molecule has 0 unspecified atom stereocenters. The van der Waals surface area contributed by atoms with Gasteiger partial charge >= 0.3 is 0 Å². The van der Waals surface area contributed by atoms with Crippen molar-refractivity contribution in [3.05, 3.63) is 54.3 Å². The third kappa shape index (κ3) is 5.42. The Kier molecular flexibility index (Phi) is 6.03. The third-order valence-corrected chi connectivity index (χ3v) is 4.54. The smallest absolute Gasteiger partial charge is 0.231 e. The van der Waals surface area contributed by atoms with Crippen LogP contribution in [0.1, 0.15) is 6.42 Å². The fraction of sp³-hybridized carbons (Fsp3) is 0.294. The molecule has 0 N–H and O–H groups in total. The van der Waals surface area contributed by atoms with Gasteiger partial charge in [0.2, 0.25) is 10.0 Å². The molecule has 2 aromatic rings. The molecule has 0 atom stereocenters. The second-order valence-electron chi connectivity index (χ2n) is 5.23. The van der Waals surface area contributed by atoms with E-state index >= 15 is 0 Å². The number of halogens is 1. The number of hydrogen-bond donors (Lipinski definition) is 0. The van der Waals surface area contributed by atoms with E-state index in [0.717, 1.165) is 6.26 Å². The molecule has 5 nitrogen and oxygen atoms in total. The van der Waals surface area contributed by atoms with Gasteiger partial charge in [0.15, 0.2) is 0 Å². The van der Waals surface area contributed by atoms with Crippen molar-refractivity contribution in [2.45, 2.75) is 6.42 Å². The zero-order valence-electron chi connectivity index (χ0n) is 13.6. The average molecular weight is 353 g/mol. The first kappa shape index (κ1) is 18.1. The Hall–Kier alpha value is -2.28. The predicted molar refractivity (Wildman–Crippen MR) is 91.7 cm³/mol. The third-order valence-electron chi connectivity index (χ3n) is 3.34. The van der Waals surface area contributed by atoms with E-state index in [0.29, 0.717) is 36.8 Å². The molecule has 130 valence electrons. The molecule has 0 aromatic heterocycles. The van der Waals surface area contributed by atoms with Crippen LogP contribution < -0.4 is 13.8 Å². The average Bonchev–Trinajstić information content (AvgIpc) is 2.55. The first-order valence-corrected chi connectivity index (χ1v) is 9.26. The second-order valence-corrected chi connectivity index (χ2v) is 7.24. The molecule has 24 heavy (non-hydrogen) atoms. The minimum Gasteiger partial charge on any atom is -0.493 e. The lowest BCUT2D eigenvalue weighted by Gasteiger charge is -2.16. The Morgan fingerprint density at radius 2 is 1.38 bits per heavy atom. The van der Waals surface area contributed by atoms with Crippen LogP contribution in [0.25, 0.3) is 0 Å². The minimum absolute atomic E-state index is 0.296. The highest BCUT2D eigenvalue weighted by atomic mass is 32.2. The summed E-state index contributed by atoms with van der Waals surface area (Å²) in [6, 6.07) is 12.7. The van der Waals surface area contributed by atoms with Crippen LogP contribution in [-0.2, 0) is 10.0 Å². The van der Waals surface area contributed by atoms with Crippen LogP contribution in [0, 0.1) is 5.82 Å². The van der Waals surface area contributed by atoms with E-state index in [1.54, 1.807) is 36.4 Å². The summed E-state index contributed by atoms with van der Waals surface area (Å²) in [4.78, 5) is 0. The number of nitrogens with zero attached hydrogens (tertiary/aromatic N) is 1. The molecule has 7 heteroatoms. The second kappa shape index (κ2) is 8.01. The van der Waals surface area contributed by atoms with Crippen LogP contribution in [0.15, 0.2) is 48.5 Å². The number of hydrogen-bond acceptors (Lipinski definition) is 4. The van der Waals surface area contributed by atoms with Gasteiger partial charge in [0, 0.05) is 13.5 Å². The van der Waals surface area contributed by atoms with Gasteiger partial charge in [0.1, 0.15) is 17.3 Å². The molecule has 2 rings (SSSR count). The maximum absolute atomic E-state index is 12.7. The molecule has 2 aromatic carbocycles. The fourth-order valence-corrected chi connectivity index (χ4v) is 2.42. The standard InChI is InChI=1S/C17H20FNO4S/c1-19(24(2,20)21)15-6-10-17(11-7-15)23-13-3-12-22-16-8-4-14(18)5-9-16/h4-11H,3,12-13H2,1-2H3. The van der Waals surface area contributed by atoms with E-state index in [4.69, 9.17) is 9.47 Å². The van der Waals surface area contributed by atoms with Gasteiger partial charge in [0.25, 0.3) is 0 Å². The number of sulfonamides is 1. The molecule has 0 saturated heterocycles. The van der Waals surface area contributed by atoms with Crippen molar-refractivity contribution in [2.75, 3.05) is 30.8 Å². The number of benzene rings is 2. The Bertz CT molecular complexity index is 745. The Labute approximate surface area is 141 Å². The van der Waals surface area contributed by atoms with Crippen molar-refractivity contribution in [1.29, 1.82) is 0 Å². The van der Waals surface area contributed by atoms with Crippen molar-refractivity contribution in [3.8, 4) is 11.5 Å². The zero-order chi connectivity index (χ0) is 17.6. The molecule has 0 bridgehead atoms. The van der Waals surface area contributed by atoms with Gasteiger partial charge in [-0.05, 0) is 48.5 Å². The summed E-state index contributed by atoms with van der Waals surface area (Å²) in [6.45, 7) is 0.920. The Morgan fingerprint density at radius 1 is 0.917 bits per heavy atom. The number of rotatable bonds is 8. The fourth-order valence-electron chi connectivity index (χ4n) is 1.91. The molecular formula is C17H20FNO4S. The largest absolute Gasteiger partial charge is 0.493 e.